The molecule has 3 heterocycles. The van der Waals surface area contributed by atoms with Crippen molar-refractivity contribution in [1.29, 1.82) is 0 Å². The van der Waals surface area contributed by atoms with Crippen molar-refractivity contribution in [1.82, 2.24) is 0 Å². The molecule has 0 aromatic carbocycles. The Bertz CT molecular complexity index is 678. The summed E-state index contributed by atoms with van der Waals surface area (Å²) in [6.07, 6.45) is 4.76. The van der Waals surface area contributed by atoms with Gasteiger partial charge in [0.15, 0.2) is 0 Å². The molecule has 3 aromatic rings. The van der Waals surface area contributed by atoms with Crippen LogP contribution < -0.4 is 0 Å². The molecule has 3 rings (SSSR count). The van der Waals surface area contributed by atoms with Gasteiger partial charge < -0.3 is 0 Å². The summed E-state index contributed by atoms with van der Waals surface area (Å²) in [7, 11) is 0. The van der Waals surface area contributed by atoms with E-state index in [0.29, 0.717) is 0 Å². The van der Waals surface area contributed by atoms with Crippen LogP contribution in [0, 0.1) is 0 Å². The predicted octanol–water partition coefficient (Wildman–Crippen LogP) is 7.86. The van der Waals surface area contributed by atoms with Crippen molar-refractivity contribution in [2.24, 2.45) is 0 Å². The van der Waals surface area contributed by atoms with Crippen LogP contribution in [0.4, 0.5) is 0 Å². The normalized spacial score (nSPS) is 11.2. The molecule has 0 bridgehead atoms. The van der Waals surface area contributed by atoms with E-state index in [9.17, 15) is 0 Å². The minimum Gasteiger partial charge on any atom is -0.142 e. The van der Waals surface area contributed by atoms with Gasteiger partial charge in [-0.2, -0.15) is 0 Å². The average molecular weight is 490 g/mol. The van der Waals surface area contributed by atoms with Crippen molar-refractivity contribution < 1.29 is 0 Å². The lowest BCUT2D eigenvalue weighted by Gasteiger charge is -1.99. The largest absolute Gasteiger partial charge is 0.142 e. The third-order valence-corrected chi connectivity index (χ3v) is 8.13. The van der Waals surface area contributed by atoms with Gasteiger partial charge in [-0.3, -0.25) is 0 Å². The Hall–Kier alpha value is 0.0600. The summed E-state index contributed by atoms with van der Waals surface area (Å²) in [5.74, 6) is 0. The summed E-state index contributed by atoms with van der Waals surface area (Å²) in [6.45, 7) is 0. The van der Waals surface area contributed by atoms with Crippen LogP contribution in [0.5, 0.6) is 0 Å². The molecular weight excluding hydrogens is 472 g/mol. The quantitative estimate of drug-likeness (QED) is 0.282. The summed E-state index contributed by atoms with van der Waals surface area (Å²) in [5, 5.41) is 4.38. The maximum absolute atomic E-state index is 3.52. The highest BCUT2D eigenvalue weighted by molar-refractivity contribution is 9.09. The Morgan fingerprint density at radius 1 is 0.739 bits per heavy atom. The fourth-order valence-corrected chi connectivity index (χ4v) is 6.28. The standard InChI is InChI=1S/C18H18Br2S3/c19-10-1-3-13-5-7-16(22-13)15-9-12-21-18(15)17-8-6-14(23-17)4-2-11-20/h5-9,12H,1-4,10-11H2. The zero-order chi connectivity index (χ0) is 16.1. The van der Waals surface area contributed by atoms with Crippen molar-refractivity contribution in [3.05, 3.63) is 45.5 Å². The molecular formula is C18H18Br2S3. The summed E-state index contributed by atoms with van der Waals surface area (Å²) >= 11 is 12.8. The SMILES string of the molecule is BrCCCc1ccc(-c2ccsc2-c2ccc(CCCBr)s2)s1. The van der Waals surface area contributed by atoms with Crippen molar-refractivity contribution >= 4 is 65.9 Å². The molecule has 0 N–H and O–H groups in total. The zero-order valence-electron chi connectivity index (χ0n) is 12.7. The van der Waals surface area contributed by atoms with Crippen molar-refractivity contribution in [3.8, 4) is 20.2 Å². The van der Waals surface area contributed by atoms with E-state index in [1.54, 1.807) is 0 Å². The van der Waals surface area contributed by atoms with Gasteiger partial charge in [-0.25, -0.2) is 0 Å². The highest BCUT2D eigenvalue weighted by Crippen LogP contribution is 2.42. The minimum absolute atomic E-state index is 1.08. The van der Waals surface area contributed by atoms with E-state index < -0.39 is 0 Å². The van der Waals surface area contributed by atoms with Crippen LogP contribution in [-0.4, -0.2) is 10.7 Å². The van der Waals surface area contributed by atoms with Gasteiger partial charge in [-0.1, -0.05) is 31.9 Å². The van der Waals surface area contributed by atoms with Gasteiger partial charge in [0.05, 0.1) is 4.88 Å². The molecule has 23 heavy (non-hydrogen) atoms. The highest BCUT2D eigenvalue weighted by atomic mass is 79.9. The first-order valence-electron chi connectivity index (χ1n) is 7.69. The van der Waals surface area contributed by atoms with E-state index in [4.69, 9.17) is 0 Å². The summed E-state index contributed by atoms with van der Waals surface area (Å²) < 4.78 is 0. The molecule has 122 valence electrons. The molecule has 0 fully saturated rings. The van der Waals surface area contributed by atoms with Crippen molar-refractivity contribution in [3.63, 3.8) is 0 Å². The van der Waals surface area contributed by atoms with E-state index in [0.717, 1.165) is 10.7 Å². The monoisotopic (exact) mass is 488 g/mol. The Morgan fingerprint density at radius 2 is 1.35 bits per heavy atom. The lowest BCUT2D eigenvalue weighted by molar-refractivity contribution is 0.959. The number of halogens is 2. The van der Waals surface area contributed by atoms with E-state index in [1.165, 1.54) is 55.6 Å². The van der Waals surface area contributed by atoms with Crippen LogP contribution in [0.2, 0.25) is 0 Å². The fourth-order valence-electron chi connectivity index (χ4n) is 2.47. The Labute approximate surface area is 166 Å². The van der Waals surface area contributed by atoms with Crippen LogP contribution in [0.3, 0.4) is 0 Å². The Balaban J connectivity index is 1.81. The highest BCUT2D eigenvalue weighted by Gasteiger charge is 2.13. The molecule has 0 unspecified atom stereocenters. The Morgan fingerprint density at radius 3 is 2.00 bits per heavy atom. The number of aryl methyl sites for hydroxylation is 2. The van der Waals surface area contributed by atoms with Gasteiger partial charge in [0.1, 0.15) is 0 Å². The molecule has 0 aliphatic heterocycles. The van der Waals surface area contributed by atoms with Crippen LogP contribution in [-0.2, 0) is 12.8 Å². The van der Waals surface area contributed by atoms with Crippen LogP contribution in [0.15, 0.2) is 35.7 Å². The molecule has 0 saturated heterocycles. The molecule has 0 radical (unpaired) electrons. The number of hydrogen-bond donors (Lipinski definition) is 0. The van der Waals surface area contributed by atoms with Gasteiger partial charge in [-0.15, -0.1) is 34.0 Å². The smallest absolute Gasteiger partial charge is 0.0529 e. The average Bonchev–Trinajstić information content (AvgIpc) is 3.29. The van der Waals surface area contributed by atoms with E-state index in [1.807, 2.05) is 34.0 Å². The first-order valence-corrected chi connectivity index (χ1v) is 12.4. The maximum atomic E-state index is 3.52. The van der Waals surface area contributed by atoms with E-state index in [2.05, 4.69) is 67.6 Å². The van der Waals surface area contributed by atoms with E-state index in [-0.39, 0.29) is 0 Å². The first kappa shape index (κ1) is 17.9. The second-order valence-corrected chi connectivity index (χ2v) is 10.1. The van der Waals surface area contributed by atoms with E-state index >= 15 is 0 Å². The summed E-state index contributed by atoms with van der Waals surface area (Å²) in [6, 6.07) is 11.4. The number of rotatable bonds is 8. The number of alkyl halides is 2. The van der Waals surface area contributed by atoms with Gasteiger partial charge in [0.25, 0.3) is 0 Å². The minimum atomic E-state index is 1.08. The third kappa shape index (κ3) is 4.57. The van der Waals surface area contributed by atoms with Gasteiger partial charge in [-0.05, 0) is 61.4 Å². The molecule has 0 amide bonds. The summed E-state index contributed by atoms with van der Waals surface area (Å²) in [5.41, 5.74) is 1.40. The zero-order valence-corrected chi connectivity index (χ0v) is 18.3. The molecule has 0 atom stereocenters. The fraction of sp³-hybridized carbons (Fsp3) is 0.333. The van der Waals surface area contributed by atoms with Gasteiger partial charge in [0, 0.05) is 35.7 Å². The maximum Gasteiger partial charge on any atom is 0.0529 e. The van der Waals surface area contributed by atoms with Crippen molar-refractivity contribution in [2.45, 2.75) is 25.7 Å². The molecule has 0 spiro atoms. The molecule has 0 aliphatic rings. The van der Waals surface area contributed by atoms with Crippen LogP contribution in [0.1, 0.15) is 22.6 Å². The van der Waals surface area contributed by atoms with Gasteiger partial charge in [0.2, 0.25) is 0 Å². The Kier molecular flexibility index (Phi) is 6.95. The first-order chi connectivity index (χ1) is 11.3. The van der Waals surface area contributed by atoms with Crippen LogP contribution >= 0.6 is 65.9 Å². The molecule has 0 nitrogen and oxygen atoms in total. The number of hydrogen-bond acceptors (Lipinski definition) is 3. The lowest BCUT2D eigenvalue weighted by atomic mass is 10.2. The molecule has 3 aromatic heterocycles. The molecule has 0 aliphatic carbocycles. The number of thiophene rings is 3. The molecule has 0 saturated carbocycles. The topological polar surface area (TPSA) is 0 Å². The third-order valence-electron chi connectivity index (χ3n) is 3.59. The lowest BCUT2D eigenvalue weighted by Crippen LogP contribution is -1.79. The van der Waals surface area contributed by atoms with Gasteiger partial charge >= 0.3 is 0 Å². The predicted molar refractivity (Wildman–Crippen MR) is 115 cm³/mol. The van der Waals surface area contributed by atoms with Crippen LogP contribution in [0.25, 0.3) is 20.2 Å². The second-order valence-electron chi connectivity index (χ2n) is 5.28. The second kappa shape index (κ2) is 8.95. The molecule has 5 heteroatoms. The summed E-state index contributed by atoms with van der Waals surface area (Å²) in [4.78, 5) is 7.22. The van der Waals surface area contributed by atoms with Crippen molar-refractivity contribution in [2.75, 3.05) is 10.7 Å².